The van der Waals surface area contributed by atoms with E-state index in [9.17, 15) is 8.78 Å². The van der Waals surface area contributed by atoms with Crippen molar-refractivity contribution in [3.63, 3.8) is 0 Å². The Labute approximate surface area is 109 Å². The van der Waals surface area contributed by atoms with Gasteiger partial charge in [0.15, 0.2) is 0 Å². The zero-order valence-corrected chi connectivity index (χ0v) is 11.6. The first-order valence-corrected chi connectivity index (χ1v) is 6.46. The molecule has 0 bridgehead atoms. The molecule has 5 heteroatoms. The van der Waals surface area contributed by atoms with Gasteiger partial charge in [0.2, 0.25) is 0 Å². The smallest absolute Gasteiger partial charge is 0.149 e. The first kappa shape index (κ1) is 14.4. The van der Waals surface area contributed by atoms with Gasteiger partial charge in [-0.2, -0.15) is 0 Å². The number of anilines is 1. The number of ether oxygens (including phenoxy) is 1. The van der Waals surface area contributed by atoms with E-state index < -0.39 is 11.6 Å². The van der Waals surface area contributed by atoms with Crippen molar-refractivity contribution in [3.8, 4) is 0 Å². The van der Waals surface area contributed by atoms with E-state index in [1.807, 2.05) is 0 Å². The third-order valence-corrected chi connectivity index (χ3v) is 3.10. The molecule has 0 heterocycles. The van der Waals surface area contributed by atoms with Gasteiger partial charge in [-0.25, -0.2) is 8.78 Å². The molecule has 0 unspecified atom stereocenters. The number of nitrogens with zero attached hydrogens (tertiary/aromatic N) is 1. The van der Waals surface area contributed by atoms with Crippen LogP contribution in [0.15, 0.2) is 12.1 Å². The van der Waals surface area contributed by atoms with E-state index in [1.54, 1.807) is 19.1 Å². The van der Waals surface area contributed by atoms with Gasteiger partial charge in [0.25, 0.3) is 0 Å². The van der Waals surface area contributed by atoms with Crippen LogP contribution in [0.1, 0.15) is 12.0 Å². The van der Waals surface area contributed by atoms with E-state index in [0.717, 1.165) is 6.42 Å². The van der Waals surface area contributed by atoms with Crippen molar-refractivity contribution in [2.45, 2.75) is 11.8 Å². The van der Waals surface area contributed by atoms with Gasteiger partial charge in [0.1, 0.15) is 17.3 Å². The molecule has 0 fully saturated rings. The Morgan fingerprint density at radius 2 is 1.88 bits per heavy atom. The lowest BCUT2D eigenvalue weighted by Crippen LogP contribution is -2.22. The Kier molecular flexibility index (Phi) is 5.85. The Bertz CT molecular complexity index is 351. The second-order valence-corrected chi connectivity index (χ2v) is 4.37. The Balaban J connectivity index is 2.82. The lowest BCUT2D eigenvalue weighted by atomic mass is 10.2. The molecule has 0 aliphatic heterocycles. The minimum atomic E-state index is -0.528. The quantitative estimate of drug-likeness (QED) is 0.590. The predicted octanol–water partition coefficient (Wildman–Crippen LogP) is 3.33. The molecule has 2 nitrogen and oxygen atoms in total. The first-order valence-electron chi connectivity index (χ1n) is 5.34. The molecule has 0 spiro atoms. The number of hydrogen-bond donors (Lipinski definition) is 0. The van der Waals surface area contributed by atoms with Gasteiger partial charge < -0.3 is 9.64 Å². The maximum Gasteiger partial charge on any atom is 0.149 e. The van der Waals surface area contributed by atoms with Crippen molar-refractivity contribution in [1.82, 2.24) is 0 Å². The molecule has 0 saturated carbocycles. The Hall–Kier alpha value is -0.680. The SMILES string of the molecule is COCCCN(C)c1c(F)cc(CBr)cc1F. The maximum atomic E-state index is 13.7. The summed E-state index contributed by atoms with van der Waals surface area (Å²) in [7, 11) is 3.27. The van der Waals surface area contributed by atoms with Crippen molar-refractivity contribution in [2.24, 2.45) is 0 Å². The van der Waals surface area contributed by atoms with E-state index >= 15 is 0 Å². The van der Waals surface area contributed by atoms with Crippen LogP contribution in [0.3, 0.4) is 0 Å². The second-order valence-electron chi connectivity index (χ2n) is 3.81. The van der Waals surface area contributed by atoms with Crippen LogP contribution in [0.2, 0.25) is 0 Å². The summed E-state index contributed by atoms with van der Waals surface area (Å²) in [6.07, 6.45) is 0.728. The minimum Gasteiger partial charge on any atom is -0.385 e. The van der Waals surface area contributed by atoms with E-state index in [2.05, 4.69) is 15.9 Å². The van der Waals surface area contributed by atoms with Gasteiger partial charge in [-0.05, 0) is 24.1 Å². The normalized spacial score (nSPS) is 10.6. The summed E-state index contributed by atoms with van der Waals surface area (Å²) in [5.41, 5.74) is 0.611. The predicted molar refractivity (Wildman–Crippen MR) is 68.8 cm³/mol. The molecular formula is C12H16BrF2NO. The van der Waals surface area contributed by atoms with Crippen molar-refractivity contribution in [2.75, 3.05) is 32.2 Å². The molecular weight excluding hydrogens is 292 g/mol. The summed E-state index contributed by atoms with van der Waals surface area (Å²) < 4.78 is 32.4. The van der Waals surface area contributed by atoms with Gasteiger partial charge in [-0.1, -0.05) is 15.9 Å². The third-order valence-electron chi connectivity index (χ3n) is 2.45. The number of methoxy groups -OCH3 is 1. The number of rotatable bonds is 6. The highest BCUT2D eigenvalue weighted by Crippen LogP contribution is 2.25. The van der Waals surface area contributed by atoms with Gasteiger partial charge in [-0.15, -0.1) is 0 Å². The summed E-state index contributed by atoms with van der Waals surface area (Å²) in [5, 5.41) is 0.439. The third kappa shape index (κ3) is 3.92. The average molecular weight is 308 g/mol. The van der Waals surface area contributed by atoms with Gasteiger partial charge in [0.05, 0.1) is 0 Å². The van der Waals surface area contributed by atoms with Crippen molar-refractivity contribution in [1.29, 1.82) is 0 Å². The second kappa shape index (κ2) is 6.91. The monoisotopic (exact) mass is 307 g/mol. The fraction of sp³-hybridized carbons (Fsp3) is 0.500. The van der Waals surface area contributed by atoms with Crippen LogP contribution < -0.4 is 4.90 Å². The van der Waals surface area contributed by atoms with Crippen LogP contribution in [0.25, 0.3) is 0 Å². The molecule has 0 saturated heterocycles. The van der Waals surface area contributed by atoms with E-state index in [1.165, 1.54) is 12.1 Å². The fourth-order valence-electron chi connectivity index (χ4n) is 1.62. The molecule has 96 valence electrons. The van der Waals surface area contributed by atoms with Gasteiger partial charge in [0, 0.05) is 32.6 Å². The van der Waals surface area contributed by atoms with E-state index in [4.69, 9.17) is 4.74 Å². The molecule has 0 aliphatic rings. The highest BCUT2D eigenvalue weighted by molar-refractivity contribution is 9.08. The van der Waals surface area contributed by atoms with Crippen LogP contribution >= 0.6 is 15.9 Å². The zero-order chi connectivity index (χ0) is 12.8. The number of hydrogen-bond acceptors (Lipinski definition) is 2. The van der Waals surface area contributed by atoms with Crippen molar-refractivity contribution >= 4 is 21.6 Å². The highest BCUT2D eigenvalue weighted by atomic mass is 79.9. The molecule has 0 N–H and O–H groups in total. The topological polar surface area (TPSA) is 12.5 Å². The summed E-state index contributed by atoms with van der Waals surface area (Å²) in [6, 6.07) is 2.69. The average Bonchev–Trinajstić information content (AvgIpc) is 2.28. The fourth-order valence-corrected chi connectivity index (χ4v) is 1.94. The first-order chi connectivity index (χ1) is 8.10. The largest absolute Gasteiger partial charge is 0.385 e. The van der Waals surface area contributed by atoms with Crippen molar-refractivity contribution in [3.05, 3.63) is 29.3 Å². The molecule has 1 aromatic rings. The van der Waals surface area contributed by atoms with Crippen LogP contribution in [0.5, 0.6) is 0 Å². The van der Waals surface area contributed by atoms with Crippen LogP contribution in [0.4, 0.5) is 14.5 Å². The van der Waals surface area contributed by atoms with E-state index in [-0.39, 0.29) is 5.69 Å². The maximum absolute atomic E-state index is 13.7. The van der Waals surface area contributed by atoms with Crippen LogP contribution in [0, 0.1) is 11.6 Å². The number of alkyl halides is 1. The summed E-state index contributed by atoms with van der Waals surface area (Å²) >= 11 is 3.18. The highest BCUT2D eigenvalue weighted by Gasteiger charge is 2.14. The lowest BCUT2D eigenvalue weighted by molar-refractivity contribution is 0.196. The minimum absolute atomic E-state index is 0.0193. The number of halogens is 3. The summed E-state index contributed by atoms with van der Waals surface area (Å²) in [6.45, 7) is 1.13. The van der Waals surface area contributed by atoms with Crippen LogP contribution in [-0.4, -0.2) is 27.3 Å². The summed E-state index contributed by atoms with van der Waals surface area (Å²) in [4.78, 5) is 1.57. The molecule has 0 atom stereocenters. The van der Waals surface area contributed by atoms with Gasteiger partial charge >= 0.3 is 0 Å². The Morgan fingerprint density at radius 3 is 2.35 bits per heavy atom. The molecule has 1 rings (SSSR count). The molecule has 1 aromatic carbocycles. The zero-order valence-electron chi connectivity index (χ0n) is 9.97. The standard InChI is InChI=1S/C12H16BrF2NO/c1-16(4-3-5-17-2)12-10(14)6-9(8-13)7-11(12)15/h6-7H,3-5,8H2,1-2H3. The van der Waals surface area contributed by atoms with Gasteiger partial charge in [-0.3, -0.25) is 0 Å². The molecule has 17 heavy (non-hydrogen) atoms. The summed E-state index contributed by atoms with van der Waals surface area (Å²) in [5.74, 6) is -1.06. The molecule has 0 radical (unpaired) electrons. The number of benzene rings is 1. The molecule has 0 amide bonds. The molecule has 0 aliphatic carbocycles. The molecule has 0 aromatic heterocycles. The van der Waals surface area contributed by atoms with E-state index in [0.29, 0.717) is 24.0 Å². The lowest BCUT2D eigenvalue weighted by Gasteiger charge is -2.20. The Morgan fingerprint density at radius 1 is 1.29 bits per heavy atom. The van der Waals surface area contributed by atoms with Crippen molar-refractivity contribution < 1.29 is 13.5 Å². The van der Waals surface area contributed by atoms with Crippen LogP contribution in [-0.2, 0) is 10.1 Å².